The molecule has 0 bridgehead atoms. The van der Waals surface area contributed by atoms with E-state index in [-0.39, 0.29) is 17.7 Å². The van der Waals surface area contributed by atoms with Crippen LogP contribution in [-0.4, -0.2) is 51.7 Å². The number of amides is 1. The Balaban J connectivity index is 1.40. The van der Waals surface area contributed by atoms with E-state index in [1.165, 1.54) is 6.42 Å². The first-order valence-electron chi connectivity index (χ1n) is 11.1. The number of carbonyl (C=O) groups excluding carboxylic acids is 1. The van der Waals surface area contributed by atoms with Gasteiger partial charge < -0.3 is 25.4 Å². The van der Waals surface area contributed by atoms with E-state index in [9.17, 15) is 15.0 Å². The lowest BCUT2D eigenvalue weighted by molar-refractivity contribution is 0.0726. The van der Waals surface area contributed by atoms with E-state index in [1.54, 1.807) is 24.3 Å². The predicted molar refractivity (Wildman–Crippen MR) is 122 cm³/mol. The summed E-state index contributed by atoms with van der Waals surface area (Å²) in [5.41, 5.74) is 3.58. The number of hydrogen-bond donors (Lipinski definition) is 4. The highest BCUT2D eigenvalue weighted by atomic mass is 16.3. The van der Waals surface area contributed by atoms with Crippen LogP contribution in [0.4, 0.5) is 0 Å². The minimum Gasteiger partial charge on any atom is -0.508 e. The van der Waals surface area contributed by atoms with Crippen molar-refractivity contribution in [3.63, 3.8) is 0 Å². The number of benzene rings is 2. The van der Waals surface area contributed by atoms with Crippen molar-refractivity contribution in [1.82, 2.24) is 15.2 Å². The van der Waals surface area contributed by atoms with Gasteiger partial charge in [-0.3, -0.25) is 4.79 Å². The zero-order chi connectivity index (χ0) is 21.8. The standard InChI is InChI=1S/C25H31N3O3/c1-17(24(30)18-8-10-20(29)11-9-18)26-13-12-19-16-27-23-21(19)6-5-7-22(23)25(31)28-14-3-2-4-15-28/h5-11,16-17,24,26-27,29-30H,2-4,12-15H2,1H3/t17-,24-/m0/s1. The number of phenols is 1. The lowest BCUT2D eigenvalue weighted by Gasteiger charge is -2.26. The number of fused-ring (bicyclic) bond motifs is 1. The summed E-state index contributed by atoms with van der Waals surface area (Å²) in [4.78, 5) is 18.3. The van der Waals surface area contributed by atoms with Crippen LogP contribution in [0.2, 0.25) is 0 Å². The Hall–Kier alpha value is -2.83. The summed E-state index contributed by atoms with van der Waals surface area (Å²) in [6.07, 6.45) is 5.48. The van der Waals surface area contributed by atoms with Gasteiger partial charge in [0.05, 0.1) is 17.2 Å². The van der Waals surface area contributed by atoms with Crippen LogP contribution in [-0.2, 0) is 6.42 Å². The summed E-state index contributed by atoms with van der Waals surface area (Å²) < 4.78 is 0. The highest BCUT2D eigenvalue weighted by molar-refractivity contribution is 6.06. The summed E-state index contributed by atoms with van der Waals surface area (Å²) in [6, 6.07) is 12.4. The highest BCUT2D eigenvalue weighted by Gasteiger charge is 2.21. The van der Waals surface area contributed by atoms with Gasteiger partial charge in [-0.2, -0.15) is 0 Å². The van der Waals surface area contributed by atoms with Gasteiger partial charge in [-0.15, -0.1) is 0 Å². The van der Waals surface area contributed by atoms with Crippen LogP contribution in [0, 0.1) is 0 Å². The van der Waals surface area contributed by atoms with E-state index in [0.29, 0.717) is 6.54 Å². The van der Waals surface area contributed by atoms with Crippen LogP contribution in [0.25, 0.3) is 10.9 Å². The second-order valence-corrected chi connectivity index (χ2v) is 8.42. The lowest BCUT2D eigenvalue weighted by Crippen LogP contribution is -2.35. The number of aliphatic hydroxyl groups excluding tert-OH is 1. The second-order valence-electron chi connectivity index (χ2n) is 8.42. The molecule has 1 fully saturated rings. The van der Waals surface area contributed by atoms with Gasteiger partial charge >= 0.3 is 0 Å². The normalized spacial score (nSPS) is 16.4. The van der Waals surface area contributed by atoms with Crippen molar-refractivity contribution >= 4 is 16.8 Å². The smallest absolute Gasteiger partial charge is 0.255 e. The molecular formula is C25H31N3O3. The van der Waals surface area contributed by atoms with E-state index >= 15 is 0 Å². The Kier molecular flexibility index (Phi) is 6.59. The lowest BCUT2D eigenvalue weighted by atomic mass is 10.0. The van der Waals surface area contributed by atoms with E-state index in [1.807, 2.05) is 30.2 Å². The number of piperidine rings is 1. The number of carbonyl (C=O) groups is 1. The summed E-state index contributed by atoms with van der Waals surface area (Å²) in [7, 11) is 0. The number of nitrogens with one attached hydrogen (secondary N) is 2. The Bertz CT molecular complexity index is 1020. The number of likely N-dealkylation sites (tertiary alicyclic amines) is 1. The van der Waals surface area contributed by atoms with E-state index in [4.69, 9.17) is 0 Å². The summed E-state index contributed by atoms with van der Waals surface area (Å²) >= 11 is 0. The van der Waals surface area contributed by atoms with E-state index < -0.39 is 6.10 Å². The molecule has 1 aliphatic rings. The molecule has 0 radical (unpaired) electrons. The number of aromatic nitrogens is 1. The number of para-hydroxylation sites is 1. The number of rotatable bonds is 7. The fourth-order valence-corrected chi connectivity index (χ4v) is 4.37. The number of phenolic OH excluding ortho intramolecular Hbond substituents is 1. The molecule has 31 heavy (non-hydrogen) atoms. The number of aromatic amines is 1. The molecule has 0 spiro atoms. The topological polar surface area (TPSA) is 88.6 Å². The molecule has 1 aliphatic heterocycles. The van der Waals surface area contributed by atoms with Crippen molar-refractivity contribution in [2.75, 3.05) is 19.6 Å². The van der Waals surface area contributed by atoms with Crippen molar-refractivity contribution in [2.45, 2.75) is 44.8 Å². The Morgan fingerprint density at radius 3 is 2.61 bits per heavy atom. The maximum absolute atomic E-state index is 13.0. The maximum Gasteiger partial charge on any atom is 0.255 e. The van der Waals surface area contributed by atoms with Gasteiger partial charge in [-0.05, 0) is 68.5 Å². The number of aliphatic hydroxyl groups is 1. The molecule has 1 amide bonds. The average Bonchev–Trinajstić information content (AvgIpc) is 3.22. The summed E-state index contributed by atoms with van der Waals surface area (Å²) in [5, 5.41) is 24.4. The molecule has 1 aromatic heterocycles. The van der Waals surface area contributed by atoms with Gasteiger partial charge in [0.15, 0.2) is 0 Å². The van der Waals surface area contributed by atoms with Crippen LogP contribution < -0.4 is 5.32 Å². The van der Waals surface area contributed by atoms with Gasteiger partial charge in [0, 0.05) is 30.7 Å². The molecule has 0 saturated carbocycles. The van der Waals surface area contributed by atoms with Crippen molar-refractivity contribution < 1.29 is 15.0 Å². The van der Waals surface area contributed by atoms with E-state index in [0.717, 1.165) is 59.9 Å². The third kappa shape index (κ3) is 4.75. The molecule has 1 saturated heterocycles. The molecule has 4 rings (SSSR count). The predicted octanol–water partition coefficient (Wildman–Crippen LogP) is 3.75. The molecule has 0 aliphatic carbocycles. The Labute approximate surface area is 182 Å². The number of nitrogens with zero attached hydrogens (tertiary/aromatic N) is 1. The van der Waals surface area contributed by atoms with Gasteiger partial charge in [-0.1, -0.05) is 24.3 Å². The fourth-order valence-electron chi connectivity index (χ4n) is 4.37. The molecule has 2 heterocycles. The molecule has 4 N–H and O–H groups in total. The Morgan fingerprint density at radius 2 is 1.87 bits per heavy atom. The van der Waals surface area contributed by atoms with E-state index in [2.05, 4.69) is 16.4 Å². The second kappa shape index (κ2) is 9.54. The minimum atomic E-state index is -0.655. The number of H-pyrrole nitrogens is 1. The van der Waals surface area contributed by atoms with Crippen molar-refractivity contribution in [3.8, 4) is 5.75 Å². The SMILES string of the molecule is C[C@H](NCCc1c[nH]c2c(C(=O)N3CCCCC3)cccc12)[C@H](O)c1ccc(O)cc1. The monoisotopic (exact) mass is 421 g/mol. The van der Waals surface area contributed by atoms with Gasteiger partial charge in [0.2, 0.25) is 0 Å². The van der Waals surface area contributed by atoms with Crippen LogP contribution in [0.15, 0.2) is 48.7 Å². The maximum atomic E-state index is 13.0. The molecule has 2 atom stereocenters. The molecular weight excluding hydrogens is 390 g/mol. The third-order valence-electron chi connectivity index (χ3n) is 6.24. The Morgan fingerprint density at radius 1 is 1.13 bits per heavy atom. The molecule has 0 unspecified atom stereocenters. The largest absolute Gasteiger partial charge is 0.508 e. The first-order valence-corrected chi connectivity index (χ1v) is 11.1. The van der Waals surface area contributed by atoms with Crippen molar-refractivity contribution in [1.29, 1.82) is 0 Å². The van der Waals surface area contributed by atoms with Crippen molar-refractivity contribution in [2.24, 2.45) is 0 Å². The minimum absolute atomic E-state index is 0.113. The fraction of sp³-hybridized carbons (Fsp3) is 0.400. The number of aromatic hydroxyl groups is 1. The third-order valence-corrected chi connectivity index (χ3v) is 6.24. The molecule has 164 valence electrons. The molecule has 6 heteroatoms. The quantitative estimate of drug-likeness (QED) is 0.468. The van der Waals surface area contributed by atoms with Crippen molar-refractivity contribution in [3.05, 3.63) is 65.4 Å². The van der Waals surface area contributed by atoms with Gasteiger partial charge in [0.25, 0.3) is 5.91 Å². The van der Waals surface area contributed by atoms with Gasteiger partial charge in [-0.25, -0.2) is 0 Å². The first kappa shape index (κ1) is 21.4. The molecule has 2 aromatic carbocycles. The molecule has 3 aromatic rings. The average molecular weight is 422 g/mol. The van der Waals surface area contributed by atoms with Crippen LogP contribution in [0.5, 0.6) is 5.75 Å². The first-order chi connectivity index (χ1) is 15.0. The summed E-state index contributed by atoms with van der Waals surface area (Å²) in [6.45, 7) is 4.33. The zero-order valence-corrected chi connectivity index (χ0v) is 18.0. The van der Waals surface area contributed by atoms with Crippen LogP contribution in [0.3, 0.4) is 0 Å². The number of hydrogen-bond acceptors (Lipinski definition) is 4. The highest BCUT2D eigenvalue weighted by Crippen LogP contribution is 2.25. The van der Waals surface area contributed by atoms with Gasteiger partial charge in [0.1, 0.15) is 5.75 Å². The summed E-state index contributed by atoms with van der Waals surface area (Å²) in [5.74, 6) is 0.302. The van der Waals surface area contributed by atoms with Crippen LogP contribution >= 0.6 is 0 Å². The molecule has 6 nitrogen and oxygen atoms in total. The zero-order valence-electron chi connectivity index (χ0n) is 18.0. The van der Waals surface area contributed by atoms with Crippen LogP contribution in [0.1, 0.15) is 53.8 Å².